The molecule has 1 aliphatic carbocycles. The van der Waals surface area contributed by atoms with E-state index in [1.807, 2.05) is 43.3 Å². The van der Waals surface area contributed by atoms with Crippen LogP contribution in [0.5, 0.6) is 5.75 Å². The average Bonchev–Trinajstić information content (AvgIpc) is 3.01. The smallest absolute Gasteiger partial charge is 0.167 e. The van der Waals surface area contributed by atoms with E-state index in [9.17, 15) is 4.79 Å². The normalized spacial score (nSPS) is 15.2. The maximum absolute atomic E-state index is 13.1. The zero-order valence-corrected chi connectivity index (χ0v) is 16.5. The molecular formula is C23H25N3O2. The molecule has 0 unspecified atom stereocenters. The van der Waals surface area contributed by atoms with Gasteiger partial charge in [0.15, 0.2) is 5.78 Å². The first-order valence-electron chi connectivity index (χ1n) is 9.66. The van der Waals surface area contributed by atoms with Gasteiger partial charge in [0.05, 0.1) is 29.2 Å². The molecule has 0 spiro atoms. The number of H-pyrrole nitrogens is 1. The Kier molecular flexibility index (Phi) is 4.67. The first kappa shape index (κ1) is 18.3. The van der Waals surface area contributed by atoms with Crippen molar-refractivity contribution in [3.05, 3.63) is 60.0 Å². The number of Topliss-reactive ketones (excluding diaryl/α,β-unsaturated/α-hetero) is 1. The van der Waals surface area contributed by atoms with E-state index in [-0.39, 0.29) is 11.2 Å². The number of rotatable bonds is 5. The summed E-state index contributed by atoms with van der Waals surface area (Å²) in [5.74, 6) is 0.934. The Hall–Kier alpha value is -3.08. The number of nitrogens with zero attached hydrogens (tertiary/aromatic N) is 1. The molecule has 0 aliphatic heterocycles. The Morgan fingerprint density at radius 1 is 1.14 bits per heavy atom. The summed E-state index contributed by atoms with van der Waals surface area (Å²) in [7, 11) is 0. The van der Waals surface area contributed by atoms with E-state index in [1.54, 1.807) is 12.4 Å². The molecule has 0 saturated heterocycles. The van der Waals surface area contributed by atoms with E-state index in [0.717, 1.165) is 46.1 Å². The van der Waals surface area contributed by atoms with Crippen molar-refractivity contribution in [1.82, 2.24) is 9.97 Å². The van der Waals surface area contributed by atoms with Gasteiger partial charge >= 0.3 is 0 Å². The number of ketones is 1. The lowest BCUT2D eigenvalue weighted by molar-refractivity contribution is 0.0912. The highest BCUT2D eigenvalue weighted by Gasteiger charge is 2.35. The minimum atomic E-state index is -0.0506. The molecule has 1 aliphatic rings. The third-order valence-electron chi connectivity index (χ3n) is 5.07. The zero-order valence-electron chi connectivity index (χ0n) is 16.5. The Bertz CT molecular complexity index is 1010. The van der Waals surface area contributed by atoms with Gasteiger partial charge in [-0.2, -0.15) is 0 Å². The van der Waals surface area contributed by atoms with Gasteiger partial charge in [-0.3, -0.25) is 9.78 Å². The van der Waals surface area contributed by atoms with Gasteiger partial charge in [0.1, 0.15) is 5.75 Å². The van der Waals surface area contributed by atoms with Crippen LogP contribution in [0.25, 0.3) is 11.3 Å². The maximum Gasteiger partial charge on any atom is 0.167 e. The molecular weight excluding hydrogens is 350 g/mol. The van der Waals surface area contributed by atoms with Crippen molar-refractivity contribution in [3.8, 4) is 17.0 Å². The van der Waals surface area contributed by atoms with E-state index in [2.05, 4.69) is 29.1 Å². The lowest BCUT2D eigenvalue weighted by Gasteiger charge is -2.28. The molecule has 4 rings (SSSR count). The third-order valence-corrected chi connectivity index (χ3v) is 5.07. The number of hydrogen-bond donors (Lipinski definition) is 2. The van der Waals surface area contributed by atoms with Crippen molar-refractivity contribution in [2.45, 2.75) is 33.6 Å². The van der Waals surface area contributed by atoms with Crippen LogP contribution in [0, 0.1) is 5.41 Å². The molecule has 5 heteroatoms. The number of carbonyl (C=O) groups excluding carboxylic acids is 1. The number of anilines is 2. The number of aromatic amines is 1. The fourth-order valence-electron chi connectivity index (χ4n) is 3.90. The number of aromatic nitrogens is 2. The summed E-state index contributed by atoms with van der Waals surface area (Å²) >= 11 is 0. The molecule has 0 amide bonds. The van der Waals surface area contributed by atoms with Gasteiger partial charge in [-0.25, -0.2) is 0 Å². The van der Waals surface area contributed by atoms with Crippen molar-refractivity contribution in [3.63, 3.8) is 0 Å². The second kappa shape index (κ2) is 7.15. The number of hydrogen-bond acceptors (Lipinski definition) is 4. The fraction of sp³-hybridized carbons (Fsp3) is 0.304. The summed E-state index contributed by atoms with van der Waals surface area (Å²) in [5.41, 5.74) is 5.26. The van der Waals surface area contributed by atoms with Crippen molar-refractivity contribution < 1.29 is 9.53 Å². The van der Waals surface area contributed by atoms with Gasteiger partial charge in [0.25, 0.3) is 0 Å². The summed E-state index contributed by atoms with van der Waals surface area (Å²) in [6.45, 7) is 6.81. The second-order valence-electron chi connectivity index (χ2n) is 7.96. The van der Waals surface area contributed by atoms with E-state index >= 15 is 0 Å². The van der Waals surface area contributed by atoms with Crippen molar-refractivity contribution in [2.75, 3.05) is 11.9 Å². The molecule has 2 heterocycles. The maximum atomic E-state index is 13.1. The molecule has 0 atom stereocenters. The number of ether oxygens (including phenoxy) is 1. The number of para-hydroxylation sites is 2. The lowest BCUT2D eigenvalue weighted by Crippen LogP contribution is -2.26. The van der Waals surface area contributed by atoms with Crippen LogP contribution in [0.1, 0.15) is 43.2 Å². The number of nitrogens with one attached hydrogen (secondary N) is 2. The molecule has 2 N–H and O–H groups in total. The Morgan fingerprint density at radius 2 is 1.89 bits per heavy atom. The minimum Gasteiger partial charge on any atom is -0.492 e. The highest BCUT2D eigenvalue weighted by atomic mass is 16.5. The lowest BCUT2D eigenvalue weighted by atomic mass is 9.76. The first-order valence-corrected chi connectivity index (χ1v) is 9.66. The predicted molar refractivity (Wildman–Crippen MR) is 111 cm³/mol. The van der Waals surface area contributed by atoms with Gasteiger partial charge in [-0.15, -0.1) is 0 Å². The fourth-order valence-corrected chi connectivity index (χ4v) is 3.90. The Balaban J connectivity index is 1.86. The number of fused-ring (bicyclic) bond motifs is 1. The Morgan fingerprint density at radius 3 is 2.64 bits per heavy atom. The minimum absolute atomic E-state index is 0.0506. The predicted octanol–water partition coefficient (Wildman–Crippen LogP) is 5.37. The molecule has 1 aromatic carbocycles. The molecule has 144 valence electrons. The van der Waals surface area contributed by atoms with Crippen LogP contribution in [0.2, 0.25) is 0 Å². The van der Waals surface area contributed by atoms with E-state index in [1.165, 1.54) is 0 Å². The van der Waals surface area contributed by atoms with Crippen molar-refractivity contribution >= 4 is 17.2 Å². The zero-order chi connectivity index (χ0) is 19.7. The number of benzene rings is 1. The molecule has 0 bridgehead atoms. The highest BCUT2D eigenvalue weighted by Crippen LogP contribution is 2.44. The summed E-state index contributed by atoms with van der Waals surface area (Å²) in [4.78, 5) is 20.7. The third kappa shape index (κ3) is 3.40. The van der Waals surface area contributed by atoms with Crippen LogP contribution < -0.4 is 10.1 Å². The van der Waals surface area contributed by atoms with E-state index < -0.39 is 0 Å². The van der Waals surface area contributed by atoms with Crippen LogP contribution >= 0.6 is 0 Å². The molecule has 3 aromatic rings. The molecule has 0 fully saturated rings. The van der Waals surface area contributed by atoms with E-state index in [4.69, 9.17) is 4.74 Å². The average molecular weight is 375 g/mol. The van der Waals surface area contributed by atoms with Crippen molar-refractivity contribution in [1.29, 1.82) is 0 Å². The van der Waals surface area contributed by atoms with Gasteiger partial charge in [0, 0.05) is 30.1 Å². The monoisotopic (exact) mass is 375 g/mol. The summed E-state index contributed by atoms with van der Waals surface area (Å²) < 4.78 is 5.77. The molecule has 0 radical (unpaired) electrons. The van der Waals surface area contributed by atoms with Crippen LogP contribution in [0.15, 0.2) is 48.8 Å². The summed E-state index contributed by atoms with van der Waals surface area (Å²) in [6.07, 6.45) is 4.90. The van der Waals surface area contributed by atoms with Crippen molar-refractivity contribution in [2.24, 2.45) is 5.41 Å². The molecule has 2 aromatic heterocycles. The van der Waals surface area contributed by atoms with Gasteiger partial charge in [-0.05, 0) is 43.0 Å². The SMILES string of the molecule is CCOc1ccccc1Nc1c(-c2ccncc2)[nH]c2c1C(=O)CC(C)(C)C2. The Labute approximate surface area is 165 Å². The van der Waals surface area contributed by atoms with Gasteiger partial charge in [0.2, 0.25) is 0 Å². The molecule has 28 heavy (non-hydrogen) atoms. The van der Waals surface area contributed by atoms with Crippen LogP contribution in [-0.2, 0) is 6.42 Å². The topological polar surface area (TPSA) is 67.0 Å². The molecule has 0 saturated carbocycles. The number of pyridine rings is 1. The summed E-state index contributed by atoms with van der Waals surface area (Å²) in [6, 6.07) is 11.7. The first-order chi connectivity index (χ1) is 13.5. The van der Waals surface area contributed by atoms with Crippen LogP contribution in [0.4, 0.5) is 11.4 Å². The van der Waals surface area contributed by atoms with Crippen LogP contribution in [-0.4, -0.2) is 22.4 Å². The number of carbonyl (C=O) groups is 1. The summed E-state index contributed by atoms with van der Waals surface area (Å²) in [5, 5.41) is 3.49. The second-order valence-corrected chi connectivity index (χ2v) is 7.96. The molecule has 5 nitrogen and oxygen atoms in total. The van der Waals surface area contributed by atoms with E-state index in [0.29, 0.717) is 13.0 Å². The van der Waals surface area contributed by atoms with Gasteiger partial charge < -0.3 is 15.0 Å². The van der Waals surface area contributed by atoms with Crippen LogP contribution in [0.3, 0.4) is 0 Å². The highest BCUT2D eigenvalue weighted by molar-refractivity contribution is 6.07. The van der Waals surface area contributed by atoms with Gasteiger partial charge in [-0.1, -0.05) is 26.0 Å². The standard InChI is InChI=1S/C23H25N3O2/c1-4-28-19-8-6-5-7-16(19)25-22-20-17(13-23(2,3)14-18(20)27)26-21(22)15-9-11-24-12-10-15/h5-12,25-26H,4,13-14H2,1-3H3. The largest absolute Gasteiger partial charge is 0.492 e. The quantitative estimate of drug-likeness (QED) is 0.629.